The van der Waals surface area contributed by atoms with Crippen LogP contribution in [-0.4, -0.2) is 40.5 Å². The van der Waals surface area contributed by atoms with Gasteiger partial charge in [0.2, 0.25) is 0 Å². The molecular formula is C21H32N4S. The zero-order valence-electron chi connectivity index (χ0n) is 16.4. The summed E-state index contributed by atoms with van der Waals surface area (Å²) in [6, 6.07) is 7.74. The molecule has 1 aliphatic heterocycles. The van der Waals surface area contributed by atoms with Crippen LogP contribution < -0.4 is 4.72 Å². The normalized spacial score (nSPS) is 18.8. The average Bonchev–Trinajstić information content (AvgIpc) is 3.27. The number of nitrogens with one attached hydrogen (secondary N) is 1. The van der Waals surface area contributed by atoms with E-state index >= 15 is 0 Å². The molecule has 1 N–H and O–H groups in total. The molecule has 4 nitrogen and oxygen atoms in total. The number of aromatic nitrogens is 1. The molecule has 1 saturated carbocycles. The minimum absolute atomic E-state index is 0.818. The lowest BCUT2D eigenvalue weighted by atomic mass is 10.0. The molecule has 2 aromatic rings. The predicted molar refractivity (Wildman–Crippen MR) is 113 cm³/mol. The maximum absolute atomic E-state index is 3.47. The molecule has 26 heavy (non-hydrogen) atoms. The van der Waals surface area contributed by atoms with Crippen molar-refractivity contribution in [2.24, 2.45) is 0 Å². The monoisotopic (exact) mass is 372 g/mol. The van der Waals surface area contributed by atoms with Crippen molar-refractivity contribution in [3.63, 3.8) is 0 Å². The van der Waals surface area contributed by atoms with E-state index in [0.29, 0.717) is 0 Å². The van der Waals surface area contributed by atoms with Crippen molar-refractivity contribution >= 4 is 28.7 Å². The number of hydrogen-bond donors (Lipinski definition) is 1. The van der Waals surface area contributed by atoms with Gasteiger partial charge in [-0.2, -0.15) is 0 Å². The molecule has 2 aliphatic rings. The largest absolute Gasteiger partial charge is 0.344 e. The molecule has 0 spiro atoms. The van der Waals surface area contributed by atoms with E-state index < -0.39 is 0 Å². The highest BCUT2D eigenvalue weighted by Crippen LogP contribution is 2.36. The summed E-state index contributed by atoms with van der Waals surface area (Å²) >= 11 is 1.63. The van der Waals surface area contributed by atoms with Gasteiger partial charge in [0, 0.05) is 66.5 Å². The van der Waals surface area contributed by atoms with Crippen LogP contribution in [0.2, 0.25) is 0 Å². The Hall–Kier alpha value is -1.17. The number of hydrogen-bond acceptors (Lipinski definition) is 4. The van der Waals surface area contributed by atoms with Crippen molar-refractivity contribution in [2.45, 2.75) is 64.6 Å². The topological polar surface area (TPSA) is 23.4 Å². The summed E-state index contributed by atoms with van der Waals surface area (Å²) < 4.78 is 8.15. The van der Waals surface area contributed by atoms with Gasteiger partial charge in [0.15, 0.2) is 0 Å². The Morgan fingerprint density at radius 1 is 1.23 bits per heavy atom. The van der Waals surface area contributed by atoms with E-state index in [9.17, 15) is 0 Å². The summed E-state index contributed by atoms with van der Waals surface area (Å²) in [6.45, 7) is 5.79. The summed E-state index contributed by atoms with van der Waals surface area (Å²) in [7, 11) is 4.13. The maximum Gasteiger partial charge on any atom is 0.0487 e. The SMILES string of the molecule is CCCn1c2c(c3cc(NSN(C)C)ccc31)CN(C1CCCC1)CC2. The van der Waals surface area contributed by atoms with E-state index in [0.717, 1.165) is 19.1 Å². The first-order chi connectivity index (χ1) is 12.7. The summed E-state index contributed by atoms with van der Waals surface area (Å²) in [4.78, 5) is 2.76. The number of rotatable bonds is 6. The molecule has 0 saturated heterocycles. The molecule has 0 unspecified atom stereocenters. The first kappa shape index (κ1) is 18.2. The molecule has 4 rings (SSSR count). The molecule has 0 bridgehead atoms. The van der Waals surface area contributed by atoms with E-state index in [1.165, 1.54) is 61.7 Å². The van der Waals surface area contributed by atoms with Crippen molar-refractivity contribution in [3.8, 4) is 0 Å². The number of aryl methyl sites for hydroxylation is 1. The molecule has 0 radical (unpaired) electrons. The molecule has 142 valence electrons. The van der Waals surface area contributed by atoms with Gasteiger partial charge in [-0.15, -0.1) is 0 Å². The zero-order chi connectivity index (χ0) is 18.1. The van der Waals surface area contributed by atoms with Gasteiger partial charge in [-0.05, 0) is 57.1 Å². The lowest BCUT2D eigenvalue weighted by Crippen LogP contribution is -2.38. The number of fused-ring (bicyclic) bond motifs is 3. The first-order valence-corrected chi connectivity index (χ1v) is 10.9. The summed E-state index contributed by atoms with van der Waals surface area (Å²) in [6.07, 6.45) is 8.03. The van der Waals surface area contributed by atoms with Crippen LogP contribution in [0, 0.1) is 0 Å². The molecule has 1 aromatic carbocycles. The van der Waals surface area contributed by atoms with Crippen LogP contribution in [0.25, 0.3) is 10.9 Å². The van der Waals surface area contributed by atoms with Crippen LogP contribution in [0.4, 0.5) is 5.69 Å². The Labute approximate surface area is 162 Å². The van der Waals surface area contributed by atoms with Crippen molar-refractivity contribution < 1.29 is 0 Å². The number of anilines is 1. The smallest absolute Gasteiger partial charge is 0.0487 e. The zero-order valence-corrected chi connectivity index (χ0v) is 17.2. The van der Waals surface area contributed by atoms with Crippen LogP contribution in [0.3, 0.4) is 0 Å². The third-order valence-electron chi connectivity index (χ3n) is 5.92. The molecule has 0 atom stereocenters. The minimum Gasteiger partial charge on any atom is -0.344 e. The molecule has 2 heterocycles. The van der Waals surface area contributed by atoms with E-state index in [2.05, 4.69) is 57.7 Å². The molecule has 1 aromatic heterocycles. The Balaban J connectivity index is 1.70. The van der Waals surface area contributed by atoms with Crippen LogP contribution >= 0.6 is 12.1 Å². The third-order valence-corrected chi connectivity index (χ3v) is 6.61. The molecule has 1 fully saturated rings. The van der Waals surface area contributed by atoms with Crippen molar-refractivity contribution in [1.29, 1.82) is 0 Å². The Morgan fingerprint density at radius 2 is 2.04 bits per heavy atom. The average molecular weight is 373 g/mol. The van der Waals surface area contributed by atoms with E-state index in [-0.39, 0.29) is 0 Å². The van der Waals surface area contributed by atoms with Crippen molar-refractivity contribution in [2.75, 3.05) is 25.4 Å². The van der Waals surface area contributed by atoms with Gasteiger partial charge in [0.25, 0.3) is 0 Å². The van der Waals surface area contributed by atoms with Gasteiger partial charge in [0.1, 0.15) is 0 Å². The van der Waals surface area contributed by atoms with Gasteiger partial charge < -0.3 is 9.29 Å². The van der Waals surface area contributed by atoms with Crippen LogP contribution in [-0.2, 0) is 19.5 Å². The Bertz CT molecular complexity index is 761. The fraction of sp³-hybridized carbons (Fsp3) is 0.619. The number of benzene rings is 1. The lowest BCUT2D eigenvalue weighted by molar-refractivity contribution is 0.180. The van der Waals surface area contributed by atoms with Gasteiger partial charge >= 0.3 is 0 Å². The van der Waals surface area contributed by atoms with Gasteiger partial charge in [-0.25, -0.2) is 4.31 Å². The quantitative estimate of drug-likeness (QED) is 0.730. The highest BCUT2D eigenvalue weighted by atomic mass is 32.2. The molecular weight excluding hydrogens is 340 g/mol. The summed E-state index contributed by atoms with van der Waals surface area (Å²) in [5.41, 5.74) is 5.80. The second kappa shape index (κ2) is 7.83. The van der Waals surface area contributed by atoms with Crippen molar-refractivity contribution in [1.82, 2.24) is 13.8 Å². The fourth-order valence-corrected chi connectivity index (χ4v) is 5.15. The Kier molecular flexibility index (Phi) is 5.48. The van der Waals surface area contributed by atoms with E-state index in [1.54, 1.807) is 23.4 Å². The van der Waals surface area contributed by atoms with Crippen LogP contribution in [0.1, 0.15) is 50.3 Å². The number of nitrogens with zero attached hydrogens (tertiary/aromatic N) is 3. The second-order valence-electron chi connectivity index (χ2n) is 7.97. The highest BCUT2D eigenvalue weighted by Gasteiger charge is 2.29. The van der Waals surface area contributed by atoms with Gasteiger partial charge in [-0.3, -0.25) is 4.90 Å². The van der Waals surface area contributed by atoms with E-state index in [4.69, 9.17) is 0 Å². The summed E-state index contributed by atoms with van der Waals surface area (Å²) in [5.74, 6) is 0. The second-order valence-corrected chi connectivity index (χ2v) is 9.09. The molecule has 0 amide bonds. The van der Waals surface area contributed by atoms with Crippen molar-refractivity contribution in [3.05, 3.63) is 29.5 Å². The fourth-order valence-electron chi connectivity index (χ4n) is 4.74. The minimum atomic E-state index is 0.818. The third kappa shape index (κ3) is 3.49. The highest BCUT2D eigenvalue weighted by molar-refractivity contribution is 7.98. The first-order valence-electron chi connectivity index (χ1n) is 10.2. The maximum atomic E-state index is 3.47. The van der Waals surface area contributed by atoms with Gasteiger partial charge in [-0.1, -0.05) is 19.8 Å². The molecule has 5 heteroatoms. The summed E-state index contributed by atoms with van der Waals surface area (Å²) in [5, 5.41) is 1.46. The van der Waals surface area contributed by atoms with Crippen LogP contribution in [0.5, 0.6) is 0 Å². The lowest BCUT2D eigenvalue weighted by Gasteiger charge is -2.33. The van der Waals surface area contributed by atoms with Crippen LogP contribution in [0.15, 0.2) is 18.2 Å². The van der Waals surface area contributed by atoms with Gasteiger partial charge in [0.05, 0.1) is 0 Å². The Morgan fingerprint density at radius 3 is 2.77 bits per heavy atom. The standard InChI is InChI=1S/C21H32N4S/c1-4-12-25-20-10-9-16(22-26-23(2)3)14-18(20)19-15-24(13-11-21(19)25)17-7-5-6-8-17/h9-10,14,17,22H,4-8,11-13,15H2,1-3H3. The van der Waals surface area contributed by atoms with E-state index in [1.807, 2.05) is 0 Å². The predicted octanol–water partition coefficient (Wildman–Crippen LogP) is 4.89. The molecule has 1 aliphatic carbocycles.